The summed E-state index contributed by atoms with van der Waals surface area (Å²) in [6.07, 6.45) is 6.91. The highest BCUT2D eigenvalue weighted by atomic mass is 14.9. The van der Waals surface area contributed by atoms with E-state index in [1.165, 1.54) is 30.5 Å². The maximum absolute atomic E-state index is 4.45. The quantitative estimate of drug-likeness (QED) is 0.775. The molecule has 0 amide bonds. The van der Waals surface area contributed by atoms with Gasteiger partial charge in [0.1, 0.15) is 0 Å². The smallest absolute Gasteiger partial charge is 0.0575 e. The van der Waals surface area contributed by atoms with Crippen molar-refractivity contribution < 1.29 is 0 Å². The number of hydrogen-bond donors (Lipinski definition) is 1. The Morgan fingerprint density at radius 3 is 3.14 bits per heavy atom. The molecule has 1 saturated heterocycles. The first-order valence-corrected chi connectivity index (χ1v) is 5.58. The molecule has 1 aromatic heterocycles. The van der Waals surface area contributed by atoms with Crippen molar-refractivity contribution in [1.29, 1.82) is 0 Å². The summed E-state index contributed by atoms with van der Waals surface area (Å²) in [4.78, 5) is 4.45. The fourth-order valence-electron chi connectivity index (χ4n) is 2.01. The number of pyridine rings is 1. The molecular weight excluding hydrogens is 172 g/mol. The topological polar surface area (TPSA) is 24.9 Å². The molecule has 1 aliphatic rings. The fourth-order valence-corrected chi connectivity index (χ4v) is 2.01. The van der Waals surface area contributed by atoms with Gasteiger partial charge in [-0.25, -0.2) is 0 Å². The summed E-state index contributed by atoms with van der Waals surface area (Å²) >= 11 is 0. The molecule has 0 radical (unpaired) electrons. The molecule has 0 aliphatic carbocycles. The SMILES string of the molecule is CCc1ccnc(C2CCCCN2)c1. The summed E-state index contributed by atoms with van der Waals surface area (Å²) in [6.45, 7) is 3.33. The van der Waals surface area contributed by atoms with Gasteiger partial charge in [0, 0.05) is 12.2 Å². The van der Waals surface area contributed by atoms with Gasteiger partial charge in [-0.1, -0.05) is 13.3 Å². The van der Waals surface area contributed by atoms with E-state index in [0.717, 1.165) is 13.0 Å². The third-order valence-corrected chi connectivity index (χ3v) is 2.92. The van der Waals surface area contributed by atoms with Crippen LogP contribution in [-0.2, 0) is 6.42 Å². The highest BCUT2D eigenvalue weighted by Crippen LogP contribution is 2.21. The summed E-state index contributed by atoms with van der Waals surface area (Å²) < 4.78 is 0. The Balaban J connectivity index is 2.13. The second-order valence-electron chi connectivity index (χ2n) is 3.95. The summed E-state index contributed by atoms with van der Waals surface area (Å²) in [7, 11) is 0. The number of nitrogens with zero attached hydrogens (tertiary/aromatic N) is 1. The molecule has 0 spiro atoms. The van der Waals surface area contributed by atoms with Crippen molar-refractivity contribution in [3.05, 3.63) is 29.6 Å². The molecule has 14 heavy (non-hydrogen) atoms. The molecule has 0 aromatic carbocycles. The molecule has 2 heteroatoms. The lowest BCUT2D eigenvalue weighted by molar-refractivity contribution is 0.405. The molecular formula is C12H18N2. The molecule has 1 aliphatic heterocycles. The molecule has 2 nitrogen and oxygen atoms in total. The molecule has 2 heterocycles. The normalized spacial score (nSPS) is 22.2. The van der Waals surface area contributed by atoms with Gasteiger partial charge in [0.05, 0.1) is 5.69 Å². The van der Waals surface area contributed by atoms with Gasteiger partial charge in [-0.15, -0.1) is 0 Å². The van der Waals surface area contributed by atoms with Crippen LogP contribution < -0.4 is 5.32 Å². The molecule has 76 valence electrons. The van der Waals surface area contributed by atoms with Crippen molar-refractivity contribution in [2.45, 2.75) is 38.6 Å². The number of hydrogen-bond acceptors (Lipinski definition) is 2. The van der Waals surface area contributed by atoms with Crippen LogP contribution in [0.25, 0.3) is 0 Å². The van der Waals surface area contributed by atoms with Crippen LogP contribution in [0.4, 0.5) is 0 Å². The number of nitrogens with one attached hydrogen (secondary N) is 1. The minimum absolute atomic E-state index is 0.496. The van der Waals surface area contributed by atoms with Gasteiger partial charge in [0.25, 0.3) is 0 Å². The van der Waals surface area contributed by atoms with E-state index in [-0.39, 0.29) is 0 Å². The zero-order valence-corrected chi connectivity index (χ0v) is 8.79. The van der Waals surface area contributed by atoms with E-state index in [2.05, 4.69) is 29.4 Å². The van der Waals surface area contributed by atoms with Crippen LogP contribution in [-0.4, -0.2) is 11.5 Å². The summed E-state index contributed by atoms with van der Waals surface area (Å²) in [6, 6.07) is 4.84. The molecule has 1 aromatic rings. The van der Waals surface area contributed by atoms with Crippen LogP contribution in [0.5, 0.6) is 0 Å². The first-order chi connectivity index (χ1) is 6.90. The van der Waals surface area contributed by atoms with Crippen LogP contribution >= 0.6 is 0 Å². The third-order valence-electron chi connectivity index (χ3n) is 2.92. The van der Waals surface area contributed by atoms with Gasteiger partial charge in [0.2, 0.25) is 0 Å². The highest BCUT2D eigenvalue weighted by Gasteiger charge is 2.15. The molecule has 1 atom stereocenters. The van der Waals surface area contributed by atoms with Gasteiger partial charge in [0.15, 0.2) is 0 Å². The second kappa shape index (κ2) is 4.56. The second-order valence-corrected chi connectivity index (χ2v) is 3.95. The Labute approximate surface area is 85.7 Å². The molecule has 2 rings (SSSR count). The Hall–Kier alpha value is -0.890. The Kier molecular flexibility index (Phi) is 3.14. The van der Waals surface area contributed by atoms with Crippen molar-refractivity contribution in [3.63, 3.8) is 0 Å². The Morgan fingerprint density at radius 2 is 2.43 bits per heavy atom. The van der Waals surface area contributed by atoms with Gasteiger partial charge in [-0.2, -0.15) is 0 Å². The number of piperidine rings is 1. The zero-order valence-electron chi connectivity index (χ0n) is 8.79. The van der Waals surface area contributed by atoms with Crippen LogP contribution in [0.1, 0.15) is 43.5 Å². The first-order valence-electron chi connectivity index (χ1n) is 5.58. The van der Waals surface area contributed by atoms with Crippen LogP contribution in [0, 0.1) is 0 Å². The Morgan fingerprint density at radius 1 is 1.50 bits per heavy atom. The number of aryl methyl sites for hydroxylation is 1. The monoisotopic (exact) mass is 190 g/mol. The van der Waals surface area contributed by atoms with Crippen molar-refractivity contribution in [1.82, 2.24) is 10.3 Å². The van der Waals surface area contributed by atoms with E-state index in [9.17, 15) is 0 Å². The van der Waals surface area contributed by atoms with E-state index in [0.29, 0.717) is 6.04 Å². The number of rotatable bonds is 2. The number of aromatic nitrogens is 1. The average Bonchev–Trinajstić information content (AvgIpc) is 2.30. The third kappa shape index (κ3) is 2.13. The maximum Gasteiger partial charge on any atom is 0.0575 e. The van der Waals surface area contributed by atoms with Crippen LogP contribution in [0.3, 0.4) is 0 Å². The van der Waals surface area contributed by atoms with E-state index in [4.69, 9.17) is 0 Å². The van der Waals surface area contributed by atoms with E-state index >= 15 is 0 Å². The fraction of sp³-hybridized carbons (Fsp3) is 0.583. The summed E-state index contributed by atoms with van der Waals surface area (Å²) in [5, 5.41) is 3.52. The van der Waals surface area contributed by atoms with E-state index < -0.39 is 0 Å². The van der Waals surface area contributed by atoms with Crippen molar-refractivity contribution in [3.8, 4) is 0 Å². The zero-order chi connectivity index (χ0) is 9.80. The van der Waals surface area contributed by atoms with Gasteiger partial charge in [-0.05, 0) is 43.5 Å². The van der Waals surface area contributed by atoms with E-state index in [1.807, 2.05) is 6.20 Å². The minimum Gasteiger partial charge on any atom is -0.309 e. The largest absolute Gasteiger partial charge is 0.309 e. The predicted molar refractivity (Wildman–Crippen MR) is 58.2 cm³/mol. The molecule has 0 saturated carbocycles. The van der Waals surface area contributed by atoms with Crippen molar-refractivity contribution in [2.24, 2.45) is 0 Å². The van der Waals surface area contributed by atoms with Crippen LogP contribution in [0.2, 0.25) is 0 Å². The molecule has 1 N–H and O–H groups in total. The molecule has 1 unspecified atom stereocenters. The maximum atomic E-state index is 4.45. The van der Waals surface area contributed by atoms with Gasteiger partial charge >= 0.3 is 0 Å². The van der Waals surface area contributed by atoms with Crippen LogP contribution in [0.15, 0.2) is 18.3 Å². The summed E-state index contributed by atoms with van der Waals surface area (Å²) in [5.74, 6) is 0. The molecule has 1 fully saturated rings. The minimum atomic E-state index is 0.496. The van der Waals surface area contributed by atoms with Crippen molar-refractivity contribution >= 4 is 0 Å². The standard InChI is InChI=1S/C12H18N2/c1-2-10-6-8-14-12(9-10)11-5-3-4-7-13-11/h6,8-9,11,13H,2-5,7H2,1H3. The average molecular weight is 190 g/mol. The molecule has 0 bridgehead atoms. The van der Waals surface area contributed by atoms with E-state index in [1.54, 1.807) is 0 Å². The lowest BCUT2D eigenvalue weighted by Gasteiger charge is -2.23. The van der Waals surface area contributed by atoms with Gasteiger partial charge in [-0.3, -0.25) is 4.98 Å². The lowest BCUT2D eigenvalue weighted by atomic mass is 10.0. The predicted octanol–water partition coefficient (Wildman–Crippen LogP) is 2.46. The first kappa shape index (κ1) is 9.66. The Bertz CT molecular complexity index is 290. The van der Waals surface area contributed by atoms with Gasteiger partial charge < -0.3 is 5.32 Å². The lowest BCUT2D eigenvalue weighted by Crippen LogP contribution is -2.27. The van der Waals surface area contributed by atoms with Crippen molar-refractivity contribution in [2.75, 3.05) is 6.54 Å². The summed E-state index contributed by atoms with van der Waals surface area (Å²) in [5.41, 5.74) is 2.62. The highest BCUT2D eigenvalue weighted by molar-refractivity contribution is 5.19.